The Balaban J connectivity index is 1.04. The molecule has 0 bridgehead atoms. The SMILES string of the molecule is C1=Cc2c(c3ccccc3n2-c2cc(-c3ccccc3)nc(-c3ccc4cc(-c5ccc6c7ccccc7c7ccccc7c6c5)ccc4c3)n2)CC1. The van der Waals surface area contributed by atoms with Crippen molar-refractivity contribution in [1.29, 1.82) is 0 Å². The van der Waals surface area contributed by atoms with E-state index in [0.717, 1.165) is 40.9 Å². The molecular formula is C50H33N3. The average molecular weight is 676 g/mol. The van der Waals surface area contributed by atoms with Crippen LogP contribution in [0.5, 0.6) is 0 Å². The largest absolute Gasteiger partial charge is 0.294 e. The Bertz CT molecular complexity index is 3080. The molecule has 0 spiro atoms. The highest BCUT2D eigenvalue weighted by Crippen LogP contribution is 2.39. The highest BCUT2D eigenvalue weighted by Gasteiger charge is 2.21. The van der Waals surface area contributed by atoms with Gasteiger partial charge < -0.3 is 0 Å². The summed E-state index contributed by atoms with van der Waals surface area (Å²) in [6, 6.07) is 59.1. The maximum atomic E-state index is 5.30. The minimum absolute atomic E-state index is 0.715. The summed E-state index contributed by atoms with van der Waals surface area (Å²) in [6.07, 6.45) is 6.62. The molecular weight excluding hydrogens is 643 g/mol. The molecule has 0 aliphatic heterocycles. The normalized spacial score (nSPS) is 12.7. The quantitative estimate of drug-likeness (QED) is 0.174. The molecule has 0 fully saturated rings. The second kappa shape index (κ2) is 11.9. The fraction of sp³-hybridized carbons (Fsp3) is 0.0400. The number of para-hydroxylation sites is 1. The highest BCUT2D eigenvalue weighted by atomic mass is 15.1. The van der Waals surface area contributed by atoms with Crippen LogP contribution in [0, 0.1) is 0 Å². The van der Waals surface area contributed by atoms with Gasteiger partial charge in [0.25, 0.3) is 0 Å². The molecule has 53 heavy (non-hydrogen) atoms. The number of rotatable bonds is 4. The van der Waals surface area contributed by atoms with Crippen molar-refractivity contribution in [1.82, 2.24) is 14.5 Å². The van der Waals surface area contributed by atoms with Crippen molar-refractivity contribution in [3.05, 3.63) is 181 Å². The third-order valence-electron chi connectivity index (χ3n) is 11.0. The van der Waals surface area contributed by atoms with E-state index in [0.29, 0.717) is 5.82 Å². The molecule has 1 aliphatic carbocycles. The van der Waals surface area contributed by atoms with Gasteiger partial charge in [0.1, 0.15) is 5.82 Å². The van der Waals surface area contributed by atoms with Gasteiger partial charge in [0, 0.05) is 22.6 Å². The third-order valence-corrected chi connectivity index (χ3v) is 11.0. The smallest absolute Gasteiger partial charge is 0.162 e. The Morgan fingerprint density at radius 3 is 1.77 bits per heavy atom. The number of benzene rings is 8. The molecule has 8 aromatic carbocycles. The van der Waals surface area contributed by atoms with Crippen LogP contribution in [-0.4, -0.2) is 14.5 Å². The van der Waals surface area contributed by atoms with E-state index >= 15 is 0 Å². The Morgan fingerprint density at radius 2 is 1.02 bits per heavy atom. The zero-order valence-electron chi connectivity index (χ0n) is 29.0. The first-order chi connectivity index (χ1) is 26.3. The van der Waals surface area contributed by atoms with Crippen LogP contribution in [0.25, 0.3) is 99.7 Å². The number of nitrogens with zero attached hydrogens (tertiary/aromatic N) is 3. The van der Waals surface area contributed by atoms with Crippen LogP contribution in [0.3, 0.4) is 0 Å². The molecule has 0 N–H and O–H groups in total. The lowest BCUT2D eigenvalue weighted by atomic mass is 9.91. The van der Waals surface area contributed by atoms with E-state index in [1.807, 2.05) is 6.07 Å². The van der Waals surface area contributed by atoms with Crippen LogP contribution in [-0.2, 0) is 6.42 Å². The lowest BCUT2D eigenvalue weighted by Crippen LogP contribution is -2.05. The molecule has 248 valence electrons. The maximum absolute atomic E-state index is 5.30. The number of aromatic nitrogens is 3. The number of fused-ring (bicyclic) bond motifs is 10. The van der Waals surface area contributed by atoms with E-state index in [9.17, 15) is 0 Å². The van der Waals surface area contributed by atoms with Gasteiger partial charge in [-0.3, -0.25) is 4.57 Å². The van der Waals surface area contributed by atoms with Crippen LogP contribution in [0.1, 0.15) is 17.7 Å². The number of hydrogen-bond acceptors (Lipinski definition) is 2. The first-order valence-corrected chi connectivity index (χ1v) is 18.4. The fourth-order valence-corrected chi connectivity index (χ4v) is 8.52. The molecule has 3 heteroatoms. The lowest BCUT2D eigenvalue weighted by molar-refractivity contribution is 0.947. The van der Waals surface area contributed by atoms with E-state index < -0.39 is 0 Å². The van der Waals surface area contributed by atoms with Crippen LogP contribution >= 0.6 is 0 Å². The molecule has 2 heterocycles. The molecule has 0 saturated carbocycles. The molecule has 0 saturated heterocycles. The maximum Gasteiger partial charge on any atom is 0.162 e. The van der Waals surface area contributed by atoms with Crippen molar-refractivity contribution >= 4 is 60.1 Å². The number of aryl methyl sites for hydroxylation is 1. The van der Waals surface area contributed by atoms with Crippen LogP contribution in [0.4, 0.5) is 0 Å². The number of allylic oxidation sites excluding steroid dienone is 1. The summed E-state index contributed by atoms with van der Waals surface area (Å²) in [7, 11) is 0. The van der Waals surface area contributed by atoms with E-state index in [4.69, 9.17) is 9.97 Å². The minimum Gasteiger partial charge on any atom is -0.294 e. The Hall–Kier alpha value is -6.84. The van der Waals surface area contributed by atoms with Crippen molar-refractivity contribution in [2.75, 3.05) is 0 Å². The van der Waals surface area contributed by atoms with Crippen LogP contribution in [0.15, 0.2) is 170 Å². The Morgan fingerprint density at radius 1 is 0.434 bits per heavy atom. The lowest BCUT2D eigenvalue weighted by Gasteiger charge is -2.14. The van der Waals surface area contributed by atoms with Gasteiger partial charge in [-0.1, -0.05) is 140 Å². The average Bonchev–Trinajstić information content (AvgIpc) is 3.58. The van der Waals surface area contributed by atoms with Crippen LogP contribution in [0.2, 0.25) is 0 Å². The van der Waals surface area contributed by atoms with Gasteiger partial charge in [0.05, 0.1) is 16.9 Å². The van der Waals surface area contributed by atoms with E-state index in [1.54, 1.807) is 0 Å². The van der Waals surface area contributed by atoms with Gasteiger partial charge >= 0.3 is 0 Å². The van der Waals surface area contributed by atoms with Crippen molar-refractivity contribution in [2.24, 2.45) is 0 Å². The second-order valence-electron chi connectivity index (χ2n) is 14.1. The van der Waals surface area contributed by atoms with E-state index in [2.05, 4.69) is 174 Å². The van der Waals surface area contributed by atoms with Gasteiger partial charge in [-0.15, -0.1) is 0 Å². The molecule has 1 aliphatic rings. The summed E-state index contributed by atoms with van der Waals surface area (Å²) in [5.74, 6) is 1.59. The van der Waals surface area contributed by atoms with E-state index in [-0.39, 0.29) is 0 Å². The van der Waals surface area contributed by atoms with Gasteiger partial charge in [0.15, 0.2) is 5.82 Å². The third kappa shape index (κ3) is 4.82. The summed E-state index contributed by atoms with van der Waals surface area (Å²) in [6.45, 7) is 0. The molecule has 2 aromatic heterocycles. The summed E-state index contributed by atoms with van der Waals surface area (Å²) >= 11 is 0. The van der Waals surface area contributed by atoms with Crippen molar-refractivity contribution < 1.29 is 0 Å². The zero-order chi connectivity index (χ0) is 34.9. The fourth-order valence-electron chi connectivity index (χ4n) is 8.52. The zero-order valence-corrected chi connectivity index (χ0v) is 29.0. The first-order valence-electron chi connectivity index (χ1n) is 18.4. The molecule has 0 radical (unpaired) electrons. The Kier molecular flexibility index (Phi) is 6.68. The Labute approximate surface area is 307 Å². The highest BCUT2D eigenvalue weighted by molar-refractivity contribution is 6.25. The van der Waals surface area contributed by atoms with Gasteiger partial charge in [-0.2, -0.15) is 0 Å². The van der Waals surface area contributed by atoms with Gasteiger partial charge in [0.2, 0.25) is 0 Å². The van der Waals surface area contributed by atoms with Gasteiger partial charge in [-0.05, 0) is 103 Å². The molecule has 0 atom stereocenters. The monoisotopic (exact) mass is 675 g/mol. The summed E-state index contributed by atoms with van der Waals surface area (Å²) in [5.41, 5.74) is 9.16. The predicted molar refractivity (Wildman–Crippen MR) is 223 cm³/mol. The number of hydrogen-bond donors (Lipinski definition) is 0. The molecule has 3 nitrogen and oxygen atoms in total. The first kappa shape index (κ1) is 29.8. The van der Waals surface area contributed by atoms with Crippen molar-refractivity contribution in [3.63, 3.8) is 0 Å². The summed E-state index contributed by atoms with van der Waals surface area (Å²) in [4.78, 5) is 10.5. The van der Waals surface area contributed by atoms with Crippen molar-refractivity contribution in [3.8, 4) is 39.6 Å². The van der Waals surface area contributed by atoms with Crippen molar-refractivity contribution in [2.45, 2.75) is 12.8 Å². The predicted octanol–water partition coefficient (Wildman–Crippen LogP) is 13.0. The molecule has 11 rings (SSSR count). The minimum atomic E-state index is 0.715. The summed E-state index contributed by atoms with van der Waals surface area (Å²) in [5, 5.41) is 11.4. The molecule has 0 unspecified atom stereocenters. The molecule has 0 amide bonds. The van der Waals surface area contributed by atoms with E-state index in [1.165, 1.54) is 71.0 Å². The summed E-state index contributed by atoms with van der Waals surface area (Å²) < 4.78 is 2.32. The molecule has 10 aromatic rings. The van der Waals surface area contributed by atoms with Gasteiger partial charge in [-0.25, -0.2) is 9.97 Å². The standard InChI is InChI=1S/C50H33N3/c1-2-12-32(13-3-1)46-31-49(53-47-20-10-8-18-43(47)44-19-9-11-21-48(44)53)52-50(51-46)37-25-24-33-28-34(22-23-35(33)29-37)36-26-27-42-40-16-5-4-14-38(40)39-15-6-7-17-41(39)45(42)30-36/h1-8,10-18,20-31H,9,19H2. The topological polar surface area (TPSA) is 30.7 Å². The van der Waals surface area contributed by atoms with Crippen LogP contribution < -0.4 is 0 Å². The second-order valence-corrected chi connectivity index (χ2v) is 14.1.